The van der Waals surface area contributed by atoms with Crippen molar-refractivity contribution in [3.8, 4) is 0 Å². The first-order chi connectivity index (χ1) is 13.3. The second kappa shape index (κ2) is 8.29. The molecule has 1 fully saturated rings. The van der Waals surface area contributed by atoms with Gasteiger partial charge in [0, 0.05) is 32.3 Å². The minimum atomic E-state index is -3.54. The number of benzene rings is 2. The van der Waals surface area contributed by atoms with E-state index in [1.807, 2.05) is 57.2 Å². The summed E-state index contributed by atoms with van der Waals surface area (Å²) in [7, 11) is -3.54. The maximum Gasteiger partial charge on any atom is 0.246 e. The quantitative estimate of drug-likeness (QED) is 0.744. The predicted molar refractivity (Wildman–Crippen MR) is 111 cm³/mol. The van der Waals surface area contributed by atoms with E-state index in [4.69, 9.17) is 0 Å². The van der Waals surface area contributed by atoms with Gasteiger partial charge < -0.3 is 4.90 Å². The summed E-state index contributed by atoms with van der Waals surface area (Å²) in [4.78, 5) is 14.5. The zero-order valence-corrected chi connectivity index (χ0v) is 17.4. The molecule has 0 aliphatic carbocycles. The van der Waals surface area contributed by atoms with Crippen LogP contribution in [0.25, 0.3) is 6.08 Å². The van der Waals surface area contributed by atoms with E-state index in [1.54, 1.807) is 23.1 Å². The summed E-state index contributed by atoms with van der Waals surface area (Å²) < 4.78 is 27.4. The first-order valence-corrected chi connectivity index (χ1v) is 10.8. The van der Waals surface area contributed by atoms with Gasteiger partial charge in [0.1, 0.15) is 0 Å². The summed E-state index contributed by atoms with van der Waals surface area (Å²) in [6, 6.07) is 13.3. The Kier molecular flexibility index (Phi) is 6.01. The molecule has 0 atom stereocenters. The molecule has 2 aromatic rings. The number of nitrogens with zero attached hydrogens (tertiary/aromatic N) is 2. The van der Waals surface area contributed by atoms with Crippen LogP contribution >= 0.6 is 0 Å². The molecule has 0 radical (unpaired) electrons. The molecular formula is C22H26N2O3S. The normalized spacial score (nSPS) is 15.9. The van der Waals surface area contributed by atoms with Crippen molar-refractivity contribution >= 4 is 22.0 Å². The van der Waals surface area contributed by atoms with Gasteiger partial charge in [-0.05, 0) is 44.0 Å². The monoisotopic (exact) mass is 398 g/mol. The fourth-order valence-corrected chi connectivity index (χ4v) is 5.05. The number of carbonyl (C=O) groups excluding carboxylic acids is 1. The summed E-state index contributed by atoms with van der Waals surface area (Å²) in [6.45, 7) is 7.16. The van der Waals surface area contributed by atoms with Crippen LogP contribution in [0.5, 0.6) is 0 Å². The SMILES string of the molecule is Cc1cccc(C=CC(=O)N2CCN(S(=O)(=O)c3ccc(C)cc3C)CC2)c1. The maximum atomic E-state index is 12.9. The van der Waals surface area contributed by atoms with E-state index in [-0.39, 0.29) is 5.91 Å². The second-order valence-electron chi connectivity index (χ2n) is 7.25. The molecule has 0 aromatic heterocycles. The van der Waals surface area contributed by atoms with Crippen molar-refractivity contribution in [1.29, 1.82) is 0 Å². The van der Waals surface area contributed by atoms with Crippen LogP contribution in [0.4, 0.5) is 0 Å². The molecule has 0 saturated carbocycles. The molecule has 1 aliphatic rings. The zero-order valence-electron chi connectivity index (χ0n) is 16.6. The van der Waals surface area contributed by atoms with Gasteiger partial charge in [-0.2, -0.15) is 4.31 Å². The van der Waals surface area contributed by atoms with E-state index in [0.29, 0.717) is 31.1 Å². The first kappa shape index (κ1) is 20.3. The Bertz CT molecular complexity index is 1000. The van der Waals surface area contributed by atoms with Gasteiger partial charge in [0.25, 0.3) is 0 Å². The first-order valence-electron chi connectivity index (χ1n) is 9.38. The Labute approximate surface area is 167 Å². The minimum absolute atomic E-state index is 0.0925. The van der Waals surface area contributed by atoms with Gasteiger partial charge in [-0.25, -0.2) is 8.42 Å². The Hall–Kier alpha value is -2.44. The van der Waals surface area contributed by atoms with Crippen LogP contribution in [0, 0.1) is 20.8 Å². The molecule has 5 nitrogen and oxygen atoms in total. The van der Waals surface area contributed by atoms with Crippen LogP contribution in [0.15, 0.2) is 53.4 Å². The number of hydrogen-bond donors (Lipinski definition) is 0. The van der Waals surface area contributed by atoms with E-state index in [1.165, 1.54) is 4.31 Å². The van der Waals surface area contributed by atoms with Crippen LogP contribution in [-0.2, 0) is 14.8 Å². The highest BCUT2D eigenvalue weighted by Crippen LogP contribution is 2.22. The topological polar surface area (TPSA) is 57.7 Å². The number of rotatable bonds is 4. The van der Waals surface area contributed by atoms with Crippen LogP contribution in [0.1, 0.15) is 22.3 Å². The van der Waals surface area contributed by atoms with Crippen LogP contribution in [0.3, 0.4) is 0 Å². The number of piperazine rings is 1. The molecule has 1 saturated heterocycles. The summed E-state index contributed by atoms with van der Waals surface area (Å²) in [6.07, 6.45) is 3.36. The van der Waals surface area contributed by atoms with Crippen molar-refractivity contribution < 1.29 is 13.2 Å². The molecular weight excluding hydrogens is 372 g/mol. The fraction of sp³-hybridized carbons (Fsp3) is 0.318. The number of sulfonamides is 1. The summed E-state index contributed by atoms with van der Waals surface area (Å²) >= 11 is 0. The molecule has 0 spiro atoms. The number of aryl methyl sites for hydroxylation is 3. The lowest BCUT2D eigenvalue weighted by atomic mass is 10.1. The van der Waals surface area contributed by atoms with Gasteiger partial charge in [0.2, 0.25) is 15.9 Å². The summed E-state index contributed by atoms with van der Waals surface area (Å²) in [5.74, 6) is -0.0925. The van der Waals surface area contributed by atoms with Crippen molar-refractivity contribution in [2.45, 2.75) is 25.7 Å². The van der Waals surface area contributed by atoms with Gasteiger partial charge in [0.05, 0.1) is 4.90 Å². The number of amides is 1. The summed E-state index contributed by atoms with van der Waals surface area (Å²) in [5.41, 5.74) is 3.90. The van der Waals surface area contributed by atoms with Crippen LogP contribution in [0.2, 0.25) is 0 Å². The minimum Gasteiger partial charge on any atom is -0.337 e. The molecule has 2 aromatic carbocycles. The lowest BCUT2D eigenvalue weighted by molar-refractivity contribution is -0.127. The standard InChI is InChI=1S/C22H26N2O3S/c1-17-5-4-6-20(16-17)8-10-22(25)23-11-13-24(14-12-23)28(26,27)21-9-7-18(2)15-19(21)3/h4-10,15-16H,11-14H2,1-3H3. The van der Waals surface area contributed by atoms with Crippen molar-refractivity contribution in [2.24, 2.45) is 0 Å². The maximum absolute atomic E-state index is 12.9. The van der Waals surface area contributed by atoms with Crippen LogP contribution < -0.4 is 0 Å². The molecule has 0 bridgehead atoms. The average Bonchev–Trinajstić information content (AvgIpc) is 2.66. The van der Waals surface area contributed by atoms with Gasteiger partial charge in [-0.3, -0.25) is 4.79 Å². The Morgan fingerprint density at radius 2 is 1.61 bits per heavy atom. The Balaban J connectivity index is 1.64. The molecule has 28 heavy (non-hydrogen) atoms. The van der Waals surface area contributed by atoms with Gasteiger partial charge in [-0.15, -0.1) is 0 Å². The van der Waals surface area contributed by atoms with Gasteiger partial charge in [-0.1, -0.05) is 47.5 Å². The molecule has 0 N–H and O–H groups in total. The van der Waals surface area contributed by atoms with Gasteiger partial charge >= 0.3 is 0 Å². The van der Waals surface area contributed by atoms with Crippen molar-refractivity contribution in [3.63, 3.8) is 0 Å². The van der Waals surface area contributed by atoms with Crippen molar-refractivity contribution in [3.05, 3.63) is 70.8 Å². The molecule has 148 valence electrons. The van der Waals surface area contributed by atoms with Crippen LogP contribution in [-0.4, -0.2) is 49.7 Å². The zero-order chi connectivity index (χ0) is 20.3. The summed E-state index contributed by atoms with van der Waals surface area (Å²) in [5, 5.41) is 0. The number of carbonyl (C=O) groups is 1. The van der Waals surface area contributed by atoms with Crippen molar-refractivity contribution in [1.82, 2.24) is 9.21 Å². The molecule has 1 amide bonds. The highest BCUT2D eigenvalue weighted by atomic mass is 32.2. The number of hydrogen-bond acceptors (Lipinski definition) is 3. The molecule has 6 heteroatoms. The lowest BCUT2D eigenvalue weighted by Crippen LogP contribution is -2.50. The van der Waals surface area contributed by atoms with E-state index in [2.05, 4.69) is 0 Å². The molecule has 1 aliphatic heterocycles. The lowest BCUT2D eigenvalue weighted by Gasteiger charge is -2.33. The van der Waals surface area contributed by atoms with E-state index in [9.17, 15) is 13.2 Å². The molecule has 3 rings (SSSR count). The Morgan fingerprint density at radius 3 is 2.25 bits per heavy atom. The average molecular weight is 399 g/mol. The largest absolute Gasteiger partial charge is 0.337 e. The fourth-order valence-electron chi connectivity index (χ4n) is 3.42. The predicted octanol–water partition coefficient (Wildman–Crippen LogP) is 3.16. The second-order valence-corrected chi connectivity index (χ2v) is 9.15. The third-order valence-electron chi connectivity index (χ3n) is 4.96. The third kappa shape index (κ3) is 4.51. The van der Waals surface area contributed by atoms with Gasteiger partial charge in [0.15, 0.2) is 0 Å². The highest BCUT2D eigenvalue weighted by molar-refractivity contribution is 7.89. The molecule has 1 heterocycles. The Morgan fingerprint density at radius 1 is 0.929 bits per heavy atom. The van der Waals surface area contributed by atoms with Crippen molar-refractivity contribution in [2.75, 3.05) is 26.2 Å². The van der Waals surface area contributed by atoms with E-state index in [0.717, 1.165) is 22.3 Å². The smallest absolute Gasteiger partial charge is 0.246 e. The van der Waals surface area contributed by atoms with E-state index >= 15 is 0 Å². The third-order valence-corrected chi connectivity index (χ3v) is 7.02. The van der Waals surface area contributed by atoms with E-state index < -0.39 is 10.0 Å². The highest BCUT2D eigenvalue weighted by Gasteiger charge is 2.30. The molecule has 0 unspecified atom stereocenters.